The zero-order valence-corrected chi connectivity index (χ0v) is 7.52. The first kappa shape index (κ1) is 8.73. The van der Waals surface area contributed by atoms with Crippen LogP contribution in [0.3, 0.4) is 0 Å². The molecule has 1 saturated heterocycles. The average molecular weight is 178 g/mol. The molecule has 0 spiro atoms. The summed E-state index contributed by atoms with van der Waals surface area (Å²) in [7, 11) is 0. The van der Waals surface area contributed by atoms with Crippen LogP contribution in [-0.2, 0) is 11.2 Å². The number of ether oxygens (including phenoxy) is 1. The van der Waals surface area contributed by atoms with Gasteiger partial charge in [0, 0.05) is 6.42 Å². The minimum Gasteiger partial charge on any atom is -0.368 e. The molecule has 0 bridgehead atoms. The van der Waals surface area contributed by atoms with Gasteiger partial charge in [0.05, 0.1) is 6.61 Å². The van der Waals surface area contributed by atoms with Gasteiger partial charge in [-0.2, -0.15) is 0 Å². The maximum Gasteiger partial charge on any atom is 0.154 e. The molecule has 0 aromatic heterocycles. The molecule has 1 aromatic carbocycles. The lowest BCUT2D eigenvalue weighted by Gasteiger charge is -2.06. The fourth-order valence-electron chi connectivity index (χ4n) is 1.76. The van der Waals surface area contributed by atoms with E-state index in [4.69, 9.17) is 9.84 Å². The Labute approximate surface area is 78.2 Å². The number of hydrogen-bond acceptors (Lipinski definition) is 2. The summed E-state index contributed by atoms with van der Waals surface area (Å²) < 4.78 is 5.09. The average Bonchev–Trinajstić information content (AvgIpc) is 2.53. The van der Waals surface area contributed by atoms with Crippen molar-refractivity contribution in [3.05, 3.63) is 35.9 Å². The summed E-state index contributed by atoms with van der Waals surface area (Å²) >= 11 is 0. The van der Waals surface area contributed by atoms with Crippen LogP contribution in [0, 0.1) is 5.92 Å². The molecule has 1 aliphatic rings. The lowest BCUT2D eigenvalue weighted by molar-refractivity contribution is -0.0591. The highest BCUT2D eigenvalue weighted by atomic mass is 16.6. The van der Waals surface area contributed by atoms with Crippen LogP contribution >= 0.6 is 0 Å². The predicted molar refractivity (Wildman–Crippen MR) is 50.2 cm³/mol. The Kier molecular flexibility index (Phi) is 2.62. The summed E-state index contributed by atoms with van der Waals surface area (Å²) in [6.45, 7) is 0.691. The van der Waals surface area contributed by atoms with E-state index >= 15 is 0 Å². The second-order valence-electron chi connectivity index (χ2n) is 3.58. The Balaban J connectivity index is 1.92. The minimum absolute atomic E-state index is 0.484. The van der Waals surface area contributed by atoms with E-state index in [0.717, 1.165) is 12.8 Å². The molecule has 0 aliphatic carbocycles. The Hall–Kier alpha value is -0.860. The molecule has 2 unspecified atom stereocenters. The Morgan fingerprint density at radius 3 is 2.69 bits per heavy atom. The Bertz CT molecular complexity index is 258. The van der Waals surface area contributed by atoms with E-state index in [-0.39, 0.29) is 0 Å². The molecule has 1 aromatic rings. The third kappa shape index (κ3) is 2.29. The van der Waals surface area contributed by atoms with Gasteiger partial charge in [0.25, 0.3) is 0 Å². The molecule has 1 N–H and O–H groups in total. The summed E-state index contributed by atoms with van der Waals surface area (Å²) in [4.78, 5) is 0. The molecule has 1 heterocycles. The van der Waals surface area contributed by atoms with Crippen LogP contribution < -0.4 is 0 Å². The van der Waals surface area contributed by atoms with Gasteiger partial charge in [0.2, 0.25) is 0 Å². The van der Waals surface area contributed by atoms with E-state index in [1.165, 1.54) is 5.56 Å². The normalized spacial score (nSPS) is 27.8. The van der Waals surface area contributed by atoms with Crippen LogP contribution in [0.25, 0.3) is 0 Å². The molecule has 1 aliphatic heterocycles. The van der Waals surface area contributed by atoms with Crippen LogP contribution in [0.4, 0.5) is 0 Å². The fraction of sp³-hybridized carbons (Fsp3) is 0.455. The Morgan fingerprint density at radius 2 is 2.08 bits per heavy atom. The molecule has 2 atom stereocenters. The molecular formula is C11H14O2. The van der Waals surface area contributed by atoms with Gasteiger partial charge in [-0.05, 0) is 17.9 Å². The lowest BCUT2D eigenvalue weighted by Crippen LogP contribution is -2.04. The highest BCUT2D eigenvalue weighted by Gasteiger charge is 2.23. The topological polar surface area (TPSA) is 29.5 Å². The fourth-order valence-corrected chi connectivity index (χ4v) is 1.76. The summed E-state index contributed by atoms with van der Waals surface area (Å²) in [5.41, 5.74) is 1.32. The zero-order chi connectivity index (χ0) is 9.10. The largest absolute Gasteiger partial charge is 0.368 e. The van der Waals surface area contributed by atoms with Crippen molar-refractivity contribution < 1.29 is 9.84 Å². The van der Waals surface area contributed by atoms with Crippen molar-refractivity contribution in [1.82, 2.24) is 0 Å². The van der Waals surface area contributed by atoms with Crippen LogP contribution in [-0.4, -0.2) is 18.0 Å². The van der Waals surface area contributed by atoms with E-state index in [1.54, 1.807) is 0 Å². The van der Waals surface area contributed by atoms with Crippen LogP contribution in [0.5, 0.6) is 0 Å². The summed E-state index contributed by atoms with van der Waals surface area (Å²) in [6, 6.07) is 10.3. The first-order valence-corrected chi connectivity index (χ1v) is 4.68. The number of aliphatic hydroxyl groups is 1. The van der Waals surface area contributed by atoms with Gasteiger partial charge >= 0.3 is 0 Å². The monoisotopic (exact) mass is 178 g/mol. The second-order valence-corrected chi connectivity index (χ2v) is 3.58. The van der Waals surface area contributed by atoms with Gasteiger partial charge in [-0.25, -0.2) is 0 Å². The van der Waals surface area contributed by atoms with Crippen molar-refractivity contribution in [2.75, 3.05) is 6.61 Å². The zero-order valence-electron chi connectivity index (χ0n) is 7.52. The smallest absolute Gasteiger partial charge is 0.154 e. The molecule has 70 valence electrons. The van der Waals surface area contributed by atoms with E-state index in [9.17, 15) is 0 Å². The van der Waals surface area contributed by atoms with Gasteiger partial charge < -0.3 is 9.84 Å². The molecule has 2 nitrogen and oxygen atoms in total. The van der Waals surface area contributed by atoms with Crippen molar-refractivity contribution in [2.45, 2.75) is 19.1 Å². The van der Waals surface area contributed by atoms with Crippen molar-refractivity contribution in [1.29, 1.82) is 0 Å². The predicted octanol–water partition coefficient (Wildman–Crippen LogP) is 1.58. The first-order valence-electron chi connectivity index (χ1n) is 4.68. The van der Waals surface area contributed by atoms with Gasteiger partial charge in [-0.15, -0.1) is 0 Å². The van der Waals surface area contributed by atoms with Crippen LogP contribution in [0.2, 0.25) is 0 Å². The van der Waals surface area contributed by atoms with Gasteiger partial charge in [-0.1, -0.05) is 30.3 Å². The van der Waals surface area contributed by atoms with Crippen LogP contribution in [0.1, 0.15) is 12.0 Å². The number of hydrogen-bond donors (Lipinski definition) is 1. The highest BCUT2D eigenvalue weighted by Crippen LogP contribution is 2.21. The molecule has 0 amide bonds. The molecule has 2 heteroatoms. The van der Waals surface area contributed by atoms with E-state index < -0.39 is 6.29 Å². The van der Waals surface area contributed by atoms with Crippen molar-refractivity contribution in [3.63, 3.8) is 0 Å². The molecule has 0 saturated carbocycles. The van der Waals surface area contributed by atoms with E-state index in [2.05, 4.69) is 12.1 Å². The number of benzene rings is 1. The lowest BCUT2D eigenvalue weighted by atomic mass is 9.99. The highest BCUT2D eigenvalue weighted by molar-refractivity contribution is 5.15. The first-order chi connectivity index (χ1) is 6.34. The molecule has 13 heavy (non-hydrogen) atoms. The maximum atomic E-state index is 9.16. The van der Waals surface area contributed by atoms with E-state index in [1.807, 2.05) is 18.2 Å². The molecule has 2 rings (SSSR count). The third-order valence-electron chi connectivity index (χ3n) is 2.43. The SMILES string of the molecule is OC1CC(Cc2ccccc2)CO1. The molecular weight excluding hydrogens is 164 g/mol. The quantitative estimate of drug-likeness (QED) is 0.745. The standard InChI is InChI=1S/C11H14O2/c12-11-7-10(8-13-11)6-9-4-2-1-3-5-9/h1-5,10-12H,6-8H2. The second kappa shape index (κ2) is 3.90. The van der Waals surface area contributed by atoms with Crippen molar-refractivity contribution >= 4 is 0 Å². The number of rotatable bonds is 2. The van der Waals surface area contributed by atoms with Gasteiger partial charge in [0.15, 0.2) is 6.29 Å². The summed E-state index contributed by atoms with van der Waals surface area (Å²) in [5, 5.41) is 9.16. The Morgan fingerprint density at radius 1 is 1.31 bits per heavy atom. The van der Waals surface area contributed by atoms with Crippen molar-refractivity contribution in [3.8, 4) is 0 Å². The van der Waals surface area contributed by atoms with E-state index in [0.29, 0.717) is 12.5 Å². The molecule has 1 fully saturated rings. The summed E-state index contributed by atoms with van der Waals surface area (Å²) in [6.07, 6.45) is 1.25. The number of aliphatic hydroxyl groups excluding tert-OH is 1. The van der Waals surface area contributed by atoms with Gasteiger partial charge in [0.1, 0.15) is 0 Å². The maximum absolute atomic E-state index is 9.16. The minimum atomic E-state index is -0.534. The van der Waals surface area contributed by atoms with Crippen LogP contribution in [0.15, 0.2) is 30.3 Å². The van der Waals surface area contributed by atoms with Gasteiger partial charge in [-0.3, -0.25) is 0 Å². The summed E-state index contributed by atoms with van der Waals surface area (Å²) in [5.74, 6) is 0.484. The van der Waals surface area contributed by atoms with Crippen molar-refractivity contribution in [2.24, 2.45) is 5.92 Å². The third-order valence-corrected chi connectivity index (χ3v) is 2.43. The molecule has 0 radical (unpaired) electrons.